The predicted molar refractivity (Wildman–Crippen MR) is 67.0 cm³/mol. The molecular weight excluding hydrogens is 315 g/mol. The molecule has 1 aromatic carbocycles. The summed E-state index contributed by atoms with van der Waals surface area (Å²) in [7, 11) is -4.46. The van der Waals surface area contributed by atoms with E-state index in [4.69, 9.17) is 22.4 Å². The molecule has 0 atom stereocenters. The highest BCUT2D eigenvalue weighted by molar-refractivity contribution is 7.89. The molecule has 0 aliphatic heterocycles. The fourth-order valence-corrected chi connectivity index (χ4v) is 3.21. The summed E-state index contributed by atoms with van der Waals surface area (Å²) in [6.45, 7) is -1.86. The summed E-state index contributed by atoms with van der Waals surface area (Å²) in [5, 5.41) is 8.37. The maximum atomic E-state index is 13.1. The van der Waals surface area contributed by atoms with Crippen LogP contribution in [0.25, 0.3) is 0 Å². The molecule has 0 spiro atoms. The van der Waals surface area contributed by atoms with Gasteiger partial charge in [0.05, 0.1) is 11.6 Å². The van der Waals surface area contributed by atoms with Crippen LogP contribution in [0.1, 0.15) is 0 Å². The molecule has 0 fully saturated rings. The van der Waals surface area contributed by atoms with E-state index in [2.05, 4.69) is 0 Å². The normalized spacial score (nSPS) is 11.6. The lowest BCUT2D eigenvalue weighted by Gasteiger charge is -2.19. The molecule has 0 saturated heterocycles. The van der Waals surface area contributed by atoms with Gasteiger partial charge in [0.15, 0.2) is 0 Å². The van der Waals surface area contributed by atoms with Crippen molar-refractivity contribution in [3.8, 4) is 0 Å². The van der Waals surface area contributed by atoms with Crippen molar-refractivity contribution in [1.29, 1.82) is 0 Å². The SMILES string of the molecule is NC(=O)CN(CC(=O)O)S(=O)(=O)c1cc(F)ccc1Cl. The van der Waals surface area contributed by atoms with E-state index in [0.29, 0.717) is 10.4 Å². The van der Waals surface area contributed by atoms with E-state index in [1.165, 1.54) is 0 Å². The zero-order valence-corrected chi connectivity index (χ0v) is 11.5. The predicted octanol–water partition coefficient (Wildman–Crippen LogP) is 0.0397. The Morgan fingerprint density at radius 1 is 1.35 bits per heavy atom. The Bertz CT molecular complexity index is 633. The van der Waals surface area contributed by atoms with Crippen molar-refractivity contribution >= 4 is 33.5 Å². The minimum absolute atomic E-state index is 0.300. The molecule has 110 valence electrons. The molecule has 0 heterocycles. The Hall–Kier alpha value is -1.71. The number of nitrogens with two attached hydrogens (primary N) is 1. The third-order valence-electron chi connectivity index (χ3n) is 2.15. The quantitative estimate of drug-likeness (QED) is 0.766. The zero-order valence-electron chi connectivity index (χ0n) is 9.92. The van der Waals surface area contributed by atoms with E-state index in [-0.39, 0.29) is 5.02 Å². The van der Waals surface area contributed by atoms with Crippen LogP contribution in [-0.2, 0) is 19.6 Å². The second-order valence-electron chi connectivity index (χ2n) is 3.71. The number of sulfonamides is 1. The third kappa shape index (κ3) is 3.89. The summed E-state index contributed by atoms with van der Waals surface area (Å²) in [6, 6.07) is 2.58. The van der Waals surface area contributed by atoms with Crippen LogP contribution in [0.5, 0.6) is 0 Å². The maximum absolute atomic E-state index is 13.1. The first-order valence-corrected chi connectivity index (χ1v) is 6.91. The average Bonchev–Trinajstić information content (AvgIpc) is 2.30. The van der Waals surface area contributed by atoms with E-state index < -0.39 is 45.7 Å². The summed E-state index contributed by atoms with van der Waals surface area (Å²) in [5.41, 5.74) is 4.87. The van der Waals surface area contributed by atoms with Crippen LogP contribution >= 0.6 is 11.6 Å². The van der Waals surface area contributed by atoms with Gasteiger partial charge in [0.1, 0.15) is 17.3 Å². The standard InChI is InChI=1S/C10H10ClFN2O5S/c11-7-2-1-6(12)3-8(7)20(18,19)14(4-9(13)15)5-10(16)17/h1-3H,4-5H2,(H2,13,15)(H,16,17). The van der Waals surface area contributed by atoms with Crippen LogP contribution in [0.15, 0.2) is 23.1 Å². The van der Waals surface area contributed by atoms with Crippen molar-refractivity contribution in [2.45, 2.75) is 4.90 Å². The van der Waals surface area contributed by atoms with Gasteiger partial charge >= 0.3 is 5.97 Å². The molecule has 3 N–H and O–H groups in total. The van der Waals surface area contributed by atoms with Crippen LogP contribution in [0.4, 0.5) is 4.39 Å². The molecule has 1 rings (SSSR count). The molecule has 0 aliphatic rings. The topological polar surface area (TPSA) is 118 Å². The number of carbonyl (C=O) groups is 2. The smallest absolute Gasteiger partial charge is 0.318 e. The van der Waals surface area contributed by atoms with Gasteiger partial charge in [-0.25, -0.2) is 12.8 Å². The Kier molecular flexibility index (Phi) is 5.03. The van der Waals surface area contributed by atoms with Gasteiger partial charge in [0, 0.05) is 0 Å². The minimum Gasteiger partial charge on any atom is -0.480 e. The van der Waals surface area contributed by atoms with Gasteiger partial charge in [-0.05, 0) is 18.2 Å². The molecule has 7 nitrogen and oxygen atoms in total. The van der Waals surface area contributed by atoms with Crippen LogP contribution in [0.3, 0.4) is 0 Å². The monoisotopic (exact) mass is 324 g/mol. The lowest BCUT2D eigenvalue weighted by molar-refractivity contribution is -0.137. The zero-order chi connectivity index (χ0) is 15.5. The molecule has 0 aliphatic carbocycles. The van der Waals surface area contributed by atoms with Crippen molar-refractivity contribution in [1.82, 2.24) is 4.31 Å². The Balaban J connectivity index is 3.31. The molecule has 0 radical (unpaired) electrons. The lowest BCUT2D eigenvalue weighted by atomic mass is 10.3. The number of hydrogen-bond donors (Lipinski definition) is 2. The van der Waals surface area contributed by atoms with E-state index in [1.54, 1.807) is 0 Å². The molecular formula is C10H10ClFN2O5S. The molecule has 10 heteroatoms. The van der Waals surface area contributed by atoms with E-state index in [1.807, 2.05) is 0 Å². The third-order valence-corrected chi connectivity index (χ3v) is 4.43. The van der Waals surface area contributed by atoms with Crippen LogP contribution in [-0.4, -0.2) is 42.8 Å². The molecule has 0 unspecified atom stereocenters. The van der Waals surface area contributed by atoms with Crippen molar-refractivity contribution in [3.63, 3.8) is 0 Å². The first-order chi connectivity index (χ1) is 9.14. The van der Waals surface area contributed by atoms with Gasteiger partial charge in [0.2, 0.25) is 15.9 Å². The highest BCUT2D eigenvalue weighted by Crippen LogP contribution is 2.25. The van der Waals surface area contributed by atoms with Gasteiger partial charge in [-0.3, -0.25) is 9.59 Å². The summed E-state index contributed by atoms with van der Waals surface area (Å²) in [6.07, 6.45) is 0. The van der Waals surface area contributed by atoms with Gasteiger partial charge < -0.3 is 10.8 Å². The first kappa shape index (κ1) is 16.3. The van der Waals surface area contributed by atoms with Gasteiger partial charge in [0.25, 0.3) is 0 Å². The summed E-state index contributed by atoms with van der Waals surface area (Å²) in [4.78, 5) is 20.9. The van der Waals surface area contributed by atoms with Crippen molar-refractivity contribution in [3.05, 3.63) is 29.0 Å². The minimum atomic E-state index is -4.46. The average molecular weight is 325 g/mol. The highest BCUT2D eigenvalue weighted by Gasteiger charge is 2.30. The maximum Gasteiger partial charge on any atom is 0.318 e. The number of primary amides is 1. The molecule has 1 amide bonds. The number of halogens is 2. The molecule has 0 aromatic heterocycles. The van der Waals surface area contributed by atoms with Gasteiger partial charge in [-0.2, -0.15) is 4.31 Å². The largest absolute Gasteiger partial charge is 0.480 e. The van der Waals surface area contributed by atoms with Gasteiger partial charge in [-0.1, -0.05) is 11.6 Å². The number of benzene rings is 1. The van der Waals surface area contributed by atoms with E-state index in [9.17, 15) is 22.4 Å². The van der Waals surface area contributed by atoms with Crippen molar-refractivity contribution in [2.24, 2.45) is 5.73 Å². The lowest BCUT2D eigenvalue weighted by Crippen LogP contribution is -2.41. The molecule has 1 aromatic rings. The van der Waals surface area contributed by atoms with Crippen LogP contribution < -0.4 is 5.73 Å². The fraction of sp³-hybridized carbons (Fsp3) is 0.200. The van der Waals surface area contributed by atoms with E-state index >= 15 is 0 Å². The molecule has 0 saturated carbocycles. The number of aliphatic carboxylic acids is 1. The van der Waals surface area contributed by atoms with Gasteiger partial charge in [-0.15, -0.1) is 0 Å². The summed E-state index contributed by atoms with van der Waals surface area (Å²) in [5.74, 6) is -3.42. The number of nitrogens with zero attached hydrogens (tertiary/aromatic N) is 1. The number of rotatable bonds is 6. The van der Waals surface area contributed by atoms with Crippen molar-refractivity contribution in [2.75, 3.05) is 13.1 Å². The fourth-order valence-electron chi connectivity index (χ4n) is 1.36. The van der Waals surface area contributed by atoms with Crippen molar-refractivity contribution < 1.29 is 27.5 Å². The number of carboxylic acid groups (broad SMARTS) is 1. The van der Waals surface area contributed by atoms with Crippen LogP contribution in [0.2, 0.25) is 5.02 Å². The Morgan fingerprint density at radius 2 is 1.95 bits per heavy atom. The number of amides is 1. The second-order valence-corrected chi connectivity index (χ2v) is 6.02. The number of carbonyl (C=O) groups excluding carboxylic acids is 1. The van der Waals surface area contributed by atoms with Crippen LogP contribution in [0, 0.1) is 5.82 Å². The number of carboxylic acids is 1. The Labute approximate surface area is 118 Å². The van der Waals surface area contributed by atoms with E-state index in [0.717, 1.165) is 12.1 Å². The summed E-state index contributed by atoms with van der Waals surface area (Å²) < 4.78 is 37.8. The summed E-state index contributed by atoms with van der Waals surface area (Å²) >= 11 is 5.66. The number of hydrogen-bond acceptors (Lipinski definition) is 4. The molecule has 20 heavy (non-hydrogen) atoms. The second kappa shape index (κ2) is 6.16. The first-order valence-electron chi connectivity index (χ1n) is 5.10. The highest BCUT2D eigenvalue weighted by atomic mass is 35.5. The Morgan fingerprint density at radius 3 is 2.45 bits per heavy atom. The molecule has 0 bridgehead atoms.